The van der Waals surface area contributed by atoms with E-state index in [1.54, 1.807) is 6.07 Å². The highest BCUT2D eigenvalue weighted by atomic mass is 19.1. The molecule has 0 spiro atoms. The fourth-order valence-electron chi connectivity index (χ4n) is 3.16. The first-order chi connectivity index (χ1) is 12.4. The summed E-state index contributed by atoms with van der Waals surface area (Å²) >= 11 is 0. The van der Waals surface area contributed by atoms with Crippen molar-refractivity contribution in [3.8, 4) is 0 Å². The van der Waals surface area contributed by atoms with Crippen molar-refractivity contribution in [2.75, 3.05) is 34.7 Å². The number of benzene rings is 1. The van der Waals surface area contributed by atoms with E-state index in [1.807, 2.05) is 44.9 Å². The molecule has 0 heterocycles. The van der Waals surface area contributed by atoms with E-state index in [1.165, 1.54) is 44.9 Å². The molecule has 0 saturated carbocycles. The molecule has 0 atom stereocenters. The molecule has 0 amide bonds. The highest BCUT2D eigenvalue weighted by Crippen LogP contribution is 2.19. The zero-order chi connectivity index (χ0) is 19.4. The number of hydrogen-bond donors (Lipinski definition) is 0. The van der Waals surface area contributed by atoms with Gasteiger partial charge in [-0.05, 0) is 44.1 Å². The van der Waals surface area contributed by atoms with E-state index in [4.69, 9.17) is 0 Å². The molecule has 0 aliphatic carbocycles. The lowest BCUT2D eigenvalue weighted by molar-refractivity contribution is -0.456. The third-order valence-corrected chi connectivity index (χ3v) is 4.53. The van der Waals surface area contributed by atoms with Crippen LogP contribution in [0, 0.1) is 5.82 Å². The molecular formula is C23H38FN2+. The topological polar surface area (TPSA) is 6.25 Å². The average Bonchev–Trinajstić information content (AvgIpc) is 2.57. The molecule has 0 unspecified atom stereocenters. The minimum Gasteiger partial charge on any atom is -0.304 e. The normalized spacial score (nSPS) is 10.9. The first kappa shape index (κ1) is 22.6. The highest BCUT2D eigenvalue weighted by molar-refractivity contribution is 5.88. The van der Waals surface area contributed by atoms with Gasteiger partial charge < -0.3 is 4.90 Å². The van der Waals surface area contributed by atoms with E-state index in [0.717, 1.165) is 36.1 Å². The van der Waals surface area contributed by atoms with Crippen LogP contribution in [0.4, 0.5) is 4.39 Å². The van der Waals surface area contributed by atoms with Crippen LogP contribution >= 0.6 is 0 Å². The van der Waals surface area contributed by atoms with Gasteiger partial charge >= 0.3 is 0 Å². The fourth-order valence-corrected chi connectivity index (χ4v) is 3.16. The zero-order valence-corrected chi connectivity index (χ0v) is 17.6. The van der Waals surface area contributed by atoms with Crippen molar-refractivity contribution < 1.29 is 8.97 Å². The van der Waals surface area contributed by atoms with Gasteiger partial charge in [0.15, 0.2) is 5.87 Å². The van der Waals surface area contributed by atoms with Crippen LogP contribution in [0.5, 0.6) is 0 Å². The first-order valence-corrected chi connectivity index (χ1v) is 10.2. The molecule has 3 heteroatoms. The fraction of sp³-hybridized carbons (Fsp3) is 0.652. The largest absolute Gasteiger partial charge is 0.304 e. The predicted molar refractivity (Wildman–Crippen MR) is 112 cm³/mol. The number of unbranched alkanes of at least 4 members (excludes halogenated alkanes) is 7. The number of nitrogens with zero attached hydrogens (tertiary/aromatic N) is 2. The molecule has 0 saturated heterocycles. The average molecular weight is 362 g/mol. The first-order valence-electron chi connectivity index (χ1n) is 10.2. The smallest absolute Gasteiger partial charge is 0.172 e. The Labute approximate surface area is 160 Å². The van der Waals surface area contributed by atoms with Crippen molar-refractivity contribution in [3.63, 3.8) is 0 Å². The summed E-state index contributed by atoms with van der Waals surface area (Å²) in [7, 11) is 7.93. The number of rotatable bonds is 12. The summed E-state index contributed by atoms with van der Waals surface area (Å²) in [6.07, 6.45) is 11.1. The van der Waals surface area contributed by atoms with Crippen LogP contribution in [-0.4, -0.2) is 50.1 Å². The second-order valence-corrected chi connectivity index (χ2v) is 7.75. The number of halogens is 1. The van der Waals surface area contributed by atoms with Crippen molar-refractivity contribution in [3.05, 3.63) is 35.1 Å². The summed E-state index contributed by atoms with van der Waals surface area (Å²) in [6.45, 7) is 2.99. The third kappa shape index (κ3) is 9.31. The van der Waals surface area contributed by atoms with Crippen molar-refractivity contribution in [1.82, 2.24) is 4.90 Å². The lowest BCUT2D eigenvalue weighted by Crippen LogP contribution is -2.16. The summed E-state index contributed by atoms with van der Waals surface area (Å²) < 4.78 is 16.4. The highest BCUT2D eigenvalue weighted by Gasteiger charge is 2.10. The second-order valence-electron chi connectivity index (χ2n) is 7.75. The number of aryl methyl sites for hydroxylation is 1. The molecule has 1 rings (SSSR count). The predicted octanol–water partition coefficient (Wildman–Crippen LogP) is 5.40. The van der Waals surface area contributed by atoms with Crippen molar-refractivity contribution in [1.29, 1.82) is 0 Å². The molecule has 0 aliphatic rings. The van der Waals surface area contributed by atoms with Crippen LogP contribution in [0.25, 0.3) is 5.57 Å². The van der Waals surface area contributed by atoms with Gasteiger partial charge in [-0.15, -0.1) is 0 Å². The molecule has 0 radical (unpaired) electrons. The minimum absolute atomic E-state index is 0.0812. The monoisotopic (exact) mass is 361 g/mol. The Morgan fingerprint density at radius 1 is 1.00 bits per heavy atom. The molecule has 2 nitrogen and oxygen atoms in total. The van der Waals surface area contributed by atoms with E-state index < -0.39 is 0 Å². The maximum absolute atomic E-state index is 14.5. The van der Waals surface area contributed by atoms with Crippen LogP contribution in [0.2, 0.25) is 0 Å². The lowest BCUT2D eigenvalue weighted by atomic mass is 10.00. The molecular weight excluding hydrogens is 323 g/mol. The van der Waals surface area contributed by atoms with Gasteiger partial charge in [0.05, 0.1) is 5.57 Å². The summed E-state index contributed by atoms with van der Waals surface area (Å²) in [5.41, 5.74) is 2.77. The van der Waals surface area contributed by atoms with Gasteiger partial charge in [0.2, 0.25) is 0 Å². The molecule has 0 aliphatic heterocycles. The van der Waals surface area contributed by atoms with Crippen LogP contribution in [0.1, 0.15) is 69.4 Å². The van der Waals surface area contributed by atoms with Gasteiger partial charge in [0.25, 0.3) is 0 Å². The third-order valence-electron chi connectivity index (χ3n) is 4.53. The Balaban J connectivity index is 2.57. The molecule has 146 valence electrons. The Kier molecular flexibility index (Phi) is 11.2. The van der Waals surface area contributed by atoms with E-state index in [-0.39, 0.29) is 5.82 Å². The minimum atomic E-state index is -0.0812. The van der Waals surface area contributed by atoms with Gasteiger partial charge in [0.1, 0.15) is 19.9 Å². The molecule has 1 aromatic carbocycles. The summed E-state index contributed by atoms with van der Waals surface area (Å²) in [4.78, 5) is 2.08. The lowest BCUT2D eigenvalue weighted by Gasteiger charge is -2.11. The van der Waals surface area contributed by atoms with Crippen LogP contribution in [-0.2, 0) is 6.42 Å². The van der Waals surface area contributed by atoms with E-state index in [0.29, 0.717) is 0 Å². The van der Waals surface area contributed by atoms with Gasteiger partial charge in [-0.3, -0.25) is 0 Å². The Morgan fingerprint density at radius 3 is 2.15 bits per heavy atom. The van der Waals surface area contributed by atoms with E-state index in [9.17, 15) is 4.39 Å². The van der Waals surface area contributed by atoms with Gasteiger partial charge in [-0.1, -0.05) is 64.0 Å². The Hall–Kier alpha value is -1.44. The molecule has 0 N–H and O–H groups in total. The molecule has 0 fully saturated rings. The van der Waals surface area contributed by atoms with Crippen LogP contribution in [0.3, 0.4) is 0 Å². The van der Waals surface area contributed by atoms with Crippen molar-refractivity contribution in [2.24, 2.45) is 0 Å². The Bertz CT molecular complexity index is 594. The summed E-state index contributed by atoms with van der Waals surface area (Å²) in [5, 5.41) is 0. The van der Waals surface area contributed by atoms with Gasteiger partial charge in [-0.25, -0.2) is 4.39 Å². The summed E-state index contributed by atoms with van der Waals surface area (Å²) in [5.74, 6) is 3.22. The number of hydrogen-bond acceptors (Lipinski definition) is 1. The maximum Gasteiger partial charge on any atom is 0.172 e. The Morgan fingerprint density at radius 2 is 1.62 bits per heavy atom. The zero-order valence-electron chi connectivity index (χ0n) is 17.6. The SMILES string of the molecule is CCCCCCCCCCc1ccc(C(=C=[N+](C)C)CN(C)C)cc1F. The molecule has 26 heavy (non-hydrogen) atoms. The van der Waals surface area contributed by atoms with E-state index >= 15 is 0 Å². The molecule has 0 bridgehead atoms. The maximum atomic E-state index is 14.5. The van der Waals surface area contributed by atoms with Crippen LogP contribution in [0.15, 0.2) is 18.2 Å². The van der Waals surface area contributed by atoms with Crippen molar-refractivity contribution >= 4 is 11.4 Å². The molecule has 1 aromatic rings. The van der Waals surface area contributed by atoms with Gasteiger partial charge in [-0.2, -0.15) is 4.58 Å². The van der Waals surface area contributed by atoms with Crippen molar-refractivity contribution in [2.45, 2.75) is 64.7 Å². The van der Waals surface area contributed by atoms with Gasteiger partial charge in [0, 0.05) is 6.54 Å². The summed E-state index contributed by atoms with van der Waals surface area (Å²) in [6, 6.07) is 5.67. The van der Waals surface area contributed by atoms with Crippen LogP contribution < -0.4 is 0 Å². The molecule has 0 aromatic heterocycles. The number of likely N-dealkylation sites (N-methyl/N-ethyl adjacent to an activating group) is 1. The second kappa shape index (κ2) is 12.8. The van der Waals surface area contributed by atoms with E-state index in [2.05, 4.69) is 17.7 Å². The quantitative estimate of drug-likeness (QED) is 0.275. The standard InChI is InChI=1S/C23H38FN2/c1-6-7-8-9-10-11-12-13-14-20-15-16-21(17-23(20)24)22(18-25(2)3)19-26(4)5/h15-17H,6-14,18H2,1-5H3/q+1.